The molecule has 0 amide bonds. The Kier molecular flexibility index (Phi) is 1.26. The molecule has 1 heterocycles. The van der Waals surface area contributed by atoms with Gasteiger partial charge >= 0.3 is 0 Å². The predicted octanol–water partition coefficient (Wildman–Crippen LogP) is 1.74. The molecule has 1 nitrogen and oxygen atoms in total. The molecule has 2 rings (SSSR count). The van der Waals surface area contributed by atoms with Crippen molar-refractivity contribution in [2.75, 3.05) is 6.54 Å². The number of nitrogens with one attached hydrogen (secondary N) is 1. The Morgan fingerprint density at radius 3 is 2.90 bits per heavy atom. The fourth-order valence-corrected chi connectivity index (χ4v) is 1.21. The second-order valence-electron chi connectivity index (χ2n) is 2.83. The van der Waals surface area contributed by atoms with Gasteiger partial charge in [-0.15, -0.1) is 0 Å². The van der Waals surface area contributed by atoms with E-state index in [1.807, 2.05) is 6.20 Å². The van der Waals surface area contributed by atoms with E-state index in [4.69, 9.17) is 0 Å². The molecule has 0 unspecified atom stereocenters. The topological polar surface area (TPSA) is 12.0 Å². The molecule has 0 aromatic rings. The molecule has 2 aliphatic rings. The molecule has 0 aromatic heterocycles. The summed E-state index contributed by atoms with van der Waals surface area (Å²) in [7, 11) is 0. The van der Waals surface area contributed by atoms with Crippen LogP contribution in [0.4, 0.5) is 4.39 Å². The van der Waals surface area contributed by atoms with Gasteiger partial charge in [0.25, 0.3) is 0 Å². The monoisotopic (exact) mass is 139 g/mol. The smallest absolute Gasteiger partial charge is 0.125 e. The van der Waals surface area contributed by atoms with Crippen LogP contribution in [-0.2, 0) is 0 Å². The van der Waals surface area contributed by atoms with Crippen molar-refractivity contribution in [2.45, 2.75) is 12.8 Å². The fraction of sp³-hybridized carbons (Fsp3) is 0.500. The lowest BCUT2D eigenvalue weighted by atomic mass is 10.1. The van der Waals surface area contributed by atoms with Crippen molar-refractivity contribution in [3.63, 3.8) is 0 Å². The summed E-state index contributed by atoms with van der Waals surface area (Å²) in [6, 6.07) is 0. The van der Waals surface area contributed by atoms with Crippen molar-refractivity contribution in [1.82, 2.24) is 5.32 Å². The lowest BCUT2D eigenvalue weighted by Crippen LogP contribution is -2.12. The van der Waals surface area contributed by atoms with E-state index in [0.717, 1.165) is 18.4 Å². The minimum absolute atomic E-state index is 0.0127. The second-order valence-corrected chi connectivity index (χ2v) is 2.83. The maximum absolute atomic E-state index is 12.9. The van der Waals surface area contributed by atoms with Gasteiger partial charge in [-0.05, 0) is 24.8 Å². The molecule has 1 saturated carbocycles. The third-order valence-electron chi connectivity index (χ3n) is 1.95. The largest absolute Gasteiger partial charge is 0.387 e. The standard InChI is InChI=1S/C8H10FN/c9-8-3-4-10-5-7(8)6-1-2-6/h3,5-6,10H,1-2,4H2. The molecule has 2 heteroatoms. The zero-order valence-electron chi connectivity index (χ0n) is 5.73. The van der Waals surface area contributed by atoms with E-state index in [2.05, 4.69) is 5.32 Å². The number of rotatable bonds is 1. The average Bonchev–Trinajstić information content (AvgIpc) is 2.71. The van der Waals surface area contributed by atoms with Crippen LogP contribution in [0.2, 0.25) is 0 Å². The van der Waals surface area contributed by atoms with Crippen LogP contribution in [0, 0.1) is 5.92 Å². The lowest BCUT2D eigenvalue weighted by molar-refractivity contribution is 0.616. The van der Waals surface area contributed by atoms with Gasteiger partial charge in [0.05, 0.1) is 0 Å². The number of halogens is 1. The second kappa shape index (κ2) is 2.11. The van der Waals surface area contributed by atoms with E-state index in [0.29, 0.717) is 12.5 Å². The van der Waals surface area contributed by atoms with Crippen LogP contribution in [0.5, 0.6) is 0 Å². The molecule has 0 aromatic carbocycles. The zero-order valence-corrected chi connectivity index (χ0v) is 5.73. The quantitative estimate of drug-likeness (QED) is 0.583. The Morgan fingerprint density at radius 1 is 1.50 bits per heavy atom. The molecule has 0 radical (unpaired) electrons. The van der Waals surface area contributed by atoms with Crippen LogP contribution in [0.3, 0.4) is 0 Å². The van der Waals surface area contributed by atoms with Crippen molar-refractivity contribution in [1.29, 1.82) is 0 Å². The van der Waals surface area contributed by atoms with Gasteiger partial charge in [0.2, 0.25) is 0 Å². The van der Waals surface area contributed by atoms with Gasteiger partial charge in [-0.2, -0.15) is 0 Å². The first kappa shape index (κ1) is 5.96. The maximum atomic E-state index is 12.9. The van der Waals surface area contributed by atoms with Crippen LogP contribution in [0.1, 0.15) is 12.8 Å². The van der Waals surface area contributed by atoms with E-state index >= 15 is 0 Å². The van der Waals surface area contributed by atoms with Gasteiger partial charge < -0.3 is 5.32 Å². The summed E-state index contributed by atoms with van der Waals surface area (Å²) in [5.74, 6) is 0.505. The molecule has 0 spiro atoms. The molecule has 1 aliphatic heterocycles. The van der Waals surface area contributed by atoms with E-state index in [1.54, 1.807) is 6.08 Å². The number of hydrogen-bond acceptors (Lipinski definition) is 1. The first-order valence-electron chi connectivity index (χ1n) is 3.67. The molecule has 1 fully saturated rings. The predicted molar refractivity (Wildman–Crippen MR) is 38.0 cm³/mol. The van der Waals surface area contributed by atoms with E-state index < -0.39 is 0 Å². The first-order valence-corrected chi connectivity index (χ1v) is 3.67. The van der Waals surface area contributed by atoms with Crippen molar-refractivity contribution < 1.29 is 4.39 Å². The molecule has 1 N–H and O–H groups in total. The summed E-state index contributed by atoms with van der Waals surface area (Å²) in [6.45, 7) is 0.641. The van der Waals surface area contributed by atoms with Crippen molar-refractivity contribution >= 4 is 0 Å². The molecule has 1 aliphatic carbocycles. The van der Waals surface area contributed by atoms with Crippen LogP contribution >= 0.6 is 0 Å². The third kappa shape index (κ3) is 0.939. The van der Waals surface area contributed by atoms with E-state index in [1.165, 1.54) is 0 Å². The van der Waals surface area contributed by atoms with Gasteiger partial charge in [-0.3, -0.25) is 0 Å². The van der Waals surface area contributed by atoms with Crippen molar-refractivity contribution in [3.05, 3.63) is 23.7 Å². The van der Waals surface area contributed by atoms with Gasteiger partial charge in [-0.1, -0.05) is 0 Å². The summed E-state index contributed by atoms with van der Waals surface area (Å²) in [4.78, 5) is 0. The molecular weight excluding hydrogens is 129 g/mol. The summed E-state index contributed by atoms with van der Waals surface area (Å²) >= 11 is 0. The average molecular weight is 139 g/mol. The highest BCUT2D eigenvalue weighted by Crippen LogP contribution is 2.40. The lowest BCUT2D eigenvalue weighted by Gasteiger charge is -2.09. The van der Waals surface area contributed by atoms with Crippen molar-refractivity contribution in [2.24, 2.45) is 5.92 Å². The highest BCUT2D eigenvalue weighted by atomic mass is 19.1. The first-order chi connectivity index (χ1) is 4.88. The molecule has 0 atom stereocenters. The highest BCUT2D eigenvalue weighted by Gasteiger charge is 2.29. The van der Waals surface area contributed by atoms with Crippen LogP contribution in [-0.4, -0.2) is 6.54 Å². The minimum Gasteiger partial charge on any atom is -0.387 e. The van der Waals surface area contributed by atoms with Gasteiger partial charge in [0, 0.05) is 18.3 Å². The van der Waals surface area contributed by atoms with Crippen LogP contribution in [0.25, 0.3) is 0 Å². The van der Waals surface area contributed by atoms with Crippen molar-refractivity contribution in [3.8, 4) is 0 Å². The Morgan fingerprint density at radius 2 is 2.30 bits per heavy atom. The number of hydrogen-bond donors (Lipinski definition) is 1. The summed E-state index contributed by atoms with van der Waals surface area (Å²) in [5, 5.41) is 3.01. The van der Waals surface area contributed by atoms with Crippen LogP contribution in [0.15, 0.2) is 23.7 Å². The molecule has 0 saturated heterocycles. The SMILES string of the molecule is FC1=CCNC=C1C1CC1. The number of allylic oxidation sites excluding steroid dienone is 2. The maximum Gasteiger partial charge on any atom is 0.125 e. The Labute approximate surface area is 59.6 Å². The van der Waals surface area contributed by atoms with E-state index in [-0.39, 0.29) is 5.83 Å². The molecule has 54 valence electrons. The molecule has 0 bridgehead atoms. The van der Waals surface area contributed by atoms with Gasteiger partial charge in [0.1, 0.15) is 5.83 Å². The normalized spacial score (nSPS) is 24.9. The molecular formula is C8H10FN. The Hall–Kier alpha value is -0.790. The summed E-state index contributed by atoms with van der Waals surface area (Å²) < 4.78 is 12.9. The Bertz CT molecular complexity index is 201. The summed E-state index contributed by atoms with van der Waals surface area (Å²) in [6.07, 6.45) is 5.74. The zero-order chi connectivity index (χ0) is 6.97. The minimum atomic E-state index is -0.0127. The highest BCUT2D eigenvalue weighted by molar-refractivity contribution is 5.32. The number of dihydropyridines is 1. The summed E-state index contributed by atoms with van der Waals surface area (Å²) in [5.41, 5.74) is 0.881. The van der Waals surface area contributed by atoms with Crippen LogP contribution < -0.4 is 5.32 Å². The van der Waals surface area contributed by atoms with Gasteiger partial charge in [0.15, 0.2) is 0 Å². The third-order valence-corrected chi connectivity index (χ3v) is 1.95. The Balaban J connectivity index is 2.16. The van der Waals surface area contributed by atoms with Gasteiger partial charge in [-0.25, -0.2) is 4.39 Å². The molecule has 10 heavy (non-hydrogen) atoms. The van der Waals surface area contributed by atoms with E-state index in [9.17, 15) is 4.39 Å². The fourth-order valence-electron chi connectivity index (χ4n) is 1.21.